The quantitative estimate of drug-likeness (QED) is 0.575. The number of ether oxygens (including phenoxy) is 2. The summed E-state index contributed by atoms with van der Waals surface area (Å²) in [5, 5.41) is 6.47. The molecule has 4 aliphatic heterocycles. The Labute approximate surface area is 154 Å². The van der Waals surface area contributed by atoms with Gasteiger partial charge in [-0.2, -0.15) is 5.01 Å². The van der Waals surface area contributed by atoms with E-state index < -0.39 is 0 Å². The van der Waals surface area contributed by atoms with Crippen LogP contribution in [0, 0.1) is 11.8 Å². The van der Waals surface area contributed by atoms with Crippen molar-refractivity contribution in [2.24, 2.45) is 11.8 Å². The molecule has 0 aromatic heterocycles. The van der Waals surface area contributed by atoms with Crippen LogP contribution >= 0.6 is 11.8 Å². The van der Waals surface area contributed by atoms with E-state index in [9.17, 15) is 0 Å². The highest BCUT2D eigenvalue weighted by molar-refractivity contribution is 8.00. The summed E-state index contributed by atoms with van der Waals surface area (Å²) in [6.07, 6.45) is 8.48. The van der Waals surface area contributed by atoms with Crippen LogP contribution in [0.3, 0.4) is 0 Å². The van der Waals surface area contributed by atoms with Crippen LogP contribution in [0.2, 0.25) is 0 Å². The molecule has 0 aromatic rings. The van der Waals surface area contributed by atoms with Crippen LogP contribution in [-0.2, 0) is 9.47 Å². The molecule has 25 heavy (non-hydrogen) atoms. The number of thioether (sulfide) groups is 1. The zero-order valence-electron chi connectivity index (χ0n) is 14.8. The van der Waals surface area contributed by atoms with Gasteiger partial charge in [0.2, 0.25) is 0 Å². The van der Waals surface area contributed by atoms with Crippen molar-refractivity contribution < 1.29 is 9.47 Å². The molecule has 0 spiro atoms. The highest BCUT2D eigenvalue weighted by atomic mass is 32.2. The lowest BCUT2D eigenvalue weighted by Crippen LogP contribution is -2.53. The molecule has 7 unspecified atom stereocenters. The average Bonchev–Trinajstić information content (AvgIpc) is 3.22. The molecule has 7 atom stereocenters. The van der Waals surface area contributed by atoms with Crippen LogP contribution in [0.4, 0.5) is 0 Å². The topological polar surface area (TPSA) is 69.8 Å². The van der Waals surface area contributed by atoms with E-state index in [0.29, 0.717) is 35.2 Å². The van der Waals surface area contributed by atoms with Gasteiger partial charge in [0.05, 0.1) is 37.0 Å². The lowest BCUT2D eigenvalue weighted by molar-refractivity contribution is -0.162. The molecule has 4 heterocycles. The number of hydrogen-bond acceptors (Lipinski definition) is 8. The van der Waals surface area contributed by atoms with Gasteiger partial charge in [-0.15, -0.1) is 11.8 Å². The molecule has 5 rings (SSSR count). The van der Waals surface area contributed by atoms with Crippen LogP contribution in [0.1, 0.15) is 38.5 Å². The van der Waals surface area contributed by atoms with Crippen LogP contribution in [0.15, 0.2) is 0 Å². The van der Waals surface area contributed by atoms with Crippen LogP contribution in [0.5, 0.6) is 0 Å². The van der Waals surface area contributed by atoms with Gasteiger partial charge in [-0.05, 0) is 51.0 Å². The van der Waals surface area contributed by atoms with Crippen LogP contribution in [0.25, 0.3) is 0 Å². The average molecular weight is 370 g/mol. The van der Waals surface area contributed by atoms with Crippen molar-refractivity contribution in [3.63, 3.8) is 0 Å². The standard InChI is InChI=1S/C17H31N5O2S/c1-2-12(10-18-5-1)16-19-20-17-22(16)21-15(25-17)9-11-3-4-13-14(8-11)24-7-6-23-13/h11-21H,1-10H2. The Bertz CT molecular complexity index is 464. The summed E-state index contributed by atoms with van der Waals surface area (Å²) in [4.78, 5) is 0. The summed E-state index contributed by atoms with van der Waals surface area (Å²) in [5.41, 5.74) is 11.1. The number of piperidine rings is 1. The number of rotatable bonds is 3. The first-order chi connectivity index (χ1) is 12.4. The van der Waals surface area contributed by atoms with E-state index in [1.165, 1.54) is 32.2 Å². The maximum Gasteiger partial charge on any atom is 0.136 e. The number of nitrogens with one attached hydrogen (secondary N) is 4. The second kappa shape index (κ2) is 7.59. The van der Waals surface area contributed by atoms with Gasteiger partial charge in [0.25, 0.3) is 0 Å². The summed E-state index contributed by atoms with van der Waals surface area (Å²) in [7, 11) is 0. The fraction of sp³-hybridized carbons (Fsp3) is 1.00. The van der Waals surface area contributed by atoms with Gasteiger partial charge in [-0.25, -0.2) is 16.3 Å². The van der Waals surface area contributed by atoms with Crippen molar-refractivity contribution in [1.82, 2.24) is 26.6 Å². The number of fused-ring (bicyclic) bond motifs is 2. The minimum absolute atomic E-state index is 0.333. The van der Waals surface area contributed by atoms with Crippen LogP contribution in [-0.4, -0.2) is 60.6 Å². The van der Waals surface area contributed by atoms with Gasteiger partial charge >= 0.3 is 0 Å². The first-order valence-electron chi connectivity index (χ1n) is 10.0. The zero-order valence-corrected chi connectivity index (χ0v) is 15.6. The molecule has 5 aliphatic rings. The molecule has 0 aromatic carbocycles. The molecular formula is C17H31N5O2S. The van der Waals surface area contributed by atoms with E-state index in [4.69, 9.17) is 9.47 Å². The molecule has 0 radical (unpaired) electrons. The van der Waals surface area contributed by atoms with Gasteiger partial charge in [-0.3, -0.25) is 0 Å². The van der Waals surface area contributed by atoms with E-state index in [0.717, 1.165) is 38.5 Å². The molecule has 4 N–H and O–H groups in total. The summed E-state index contributed by atoms with van der Waals surface area (Å²) in [5.74, 6) is 1.41. The molecule has 7 nitrogen and oxygen atoms in total. The molecule has 1 saturated carbocycles. The molecule has 142 valence electrons. The molecule has 0 bridgehead atoms. The van der Waals surface area contributed by atoms with Gasteiger partial charge in [0, 0.05) is 12.5 Å². The monoisotopic (exact) mass is 369 g/mol. The Morgan fingerprint density at radius 2 is 1.96 bits per heavy atom. The van der Waals surface area contributed by atoms with Crippen LogP contribution < -0.4 is 21.6 Å². The van der Waals surface area contributed by atoms with Crippen molar-refractivity contribution in [1.29, 1.82) is 0 Å². The third-order valence-corrected chi connectivity index (χ3v) is 7.64. The largest absolute Gasteiger partial charge is 0.373 e. The van der Waals surface area contributed by atoms with Gasteiger partial charge in [0.15, 0.2) is 0 Å². The SMILES string of the molecule is C1CNCC(C2NNC3SC(CC4CCC5OCCOC5C4)NN32)C1. The maximum absolute atomic E-state index is 5.96. The van der Waals surface area contributed by atoms with Crippen molar-refractivity contribution in [2.45, 2.75) is 67.8 Å². The number of nitrogens with zero attached hydrogens (tertiary/aromatic N) is 1. The number of hydrazine groups is 2. The third kappa shape index (κ3) is 3.60. The first kappa shape index (κ1) is 17.2. The van der Waals surface area contributed by atoms with Crippen molar-refractivity contribution >= 4 is 11.8 Å². The molecular weight excluding hydrogens is 338 g/mol. The van der Waals surface area contributed by atoms with Crippen molar-refractivity contribution in [3.05, 3.63) is 0 Å². The van der Waals surface area contributed by atoms with E-state index in [2.05, 4.69) is 26.6 Å². The third-order valence-electron chi connectivity index (χ3n) is 6.41. The molecule has 5 fully saturated rings. The predicted molar refractivity (Wildman–Crippen MR) is 97.2 cm³/mol. The molecule has 1 aliphatic carbocycles. The second-order valence-electron chi connectivity index (χ2n) is 8.09. The molecule has 4 saturated heterocycles. The van der Waals surface area contributed by atoms with Gasteiger partial charge in [-0.1, -0.05) is 0 Å². The first-order valence-corrected chi connectivity index (χ1v) is 11.0. The van der Waals surface area contributed by atoms with Gasteiger partial charge in [0.1, 0.15) is 5.50 Å². The Morgan fingerprint density at radius 1 is 1.04 bits per heavy atom. The van der Waals surface area contributed by atoms with E-state index in [-0.39, 0.29) is 0 Å². The fourth-order valence-electron chi connectivity index (χ4n) is 5.11. The maximum atomic E-state index is 5.96. The Balaban J connectivity index is 1.14. The lowest BCUT2D eigenvalue weighted by atomic mass is 9.83. The summed E-state index contributed by atoms with van der Waals surface area (Å²) in [6, 6.07) is 0. The highest BCUT2D eigenvalue weighted by Gasteiger charge is 2.45. The summed E-state index contributed by atoms with van der Waals surface area (Å²) < 4.78 is 11.8. The highest BCUT2D eigenvalue weighted by Crippen LogP contribution is 2.39. The van der Waals surface area contributed by atoms with Gasteiger partial charge < -0.3 is 14.8 Å². The summed E-state index contributed by atoms with van der Waals surface area (Å²) in [6.45, 7) is 3.83. The van der Waals surface area contributed by atoms with E-state index >= 15 is 0 Å². The summed E-state index contributed by atoms with van der Waals surface area (Å²) >= 11 is 2.02. The van der Waals surface area contributed by atoms with E-state index in [1.54, 1.807) is 0 Å². The fourth-order valence-corrected chi connectivity index (χ4v) is 6.45. The minimum atomic E-state index is 0.333. The van der Waals surface area contributed by atoms with Crippen molar-refractivity contribution in [3.8, 4) is 0 Å². The second-order valence-corrected chi connectivity index (χ2v) is 9.37. The molecule has 0 amide bonds. The number of hydrogen-bond donors (Lipinski definition) is 4. The predicted octanol–water partition coefficient (Wildman–Crippen LogP) is 0.557. The minimum Gasteiger partial charge on any atom is -0.373 e. The smallest absolute Gasteiger partial charge is 0.136 e. The Kier molecular flexibility index (Phi) is 5.22. The Hall–Kier alpha value is 0.0700. The van der Waals surface area contributed by atoms with Crippen molar-refractivity contribution in [2.75, 3.05) is 26.3 Å². The Morgan fingerprint density at radius 3 is 2.84 bits per heavy atom. The zero-order chi connectivity index (χ0) is 16.6. The molecule has 8 heteroatoms. The lowest BCUT2D eigenvalue weighted by Gasteiger charge is -2.39. The van der Waals surface area contributed by atoms with E-state index in [1.807, 2.05) is 11.8 Å². The normalized spacial score (nSPS) is 48.2.